The van der Waals surface area contributed by atoms with Gasteiger partial charge in [0.25, 0.3) is 5.91 Å². The van der Waals surface area contributed by atoms with Crippen molar-refractivity contribution in [2.45, 2.75) is 0 Å². The second-order valence-electron chi connectivity index (χ2n) is 7.93. The predicted octanol–water partition coefficient (Wildman–Crippen LogP) is 4.13. The molecule has 1 aliphatic rings. The Morgan fingerprint density at radius 2 is 1.63 bits per heavy atom. The van der Waals surface area contributed by atoms with Crippen molar-refractivity contribution >= 4 is 29.4 Å². The molecule has 0 fully saturated rings. The number of hydrogen-bond acceptors (Lipinski definition) is 9. The maximum Gasteiger partial charge on any atom is 0.339 e. The molecule has 10 nitrogen and oxygen atoms in total. The fourth-order valence-corrected chi connectivity index (χ4v) is 3.81. The molecular weight excluding hydrogens is 494 g/mol. The Balaban J connectivity index is 1.46. The number of nitrogens with one attached hydrogen (secondary N) is 1. The van der Waals surface area contributed by atoms with Crippen LogP contribution in [0.4, 0.5) is 5.69 Å². The molecule has 0 atom stereocenters. The average molecular weight is 520 g/mol. The van der Waals surface area contributed by atoms with Gasteiger partial charge >= 0.3 is 5.97 Å². The topological polar surface area (TPSA) is 119 Å². The first kappa shape index (κ1) is 26.1. The number of carbonyl (C=O) groups is 3. The molecule has 0 saturated carbocycles. The van der Waals surface area contributed by atoms with E-state index in [0.29, 0.717) is 45.6 Å². The van der Waals surface area contributed by atoms with E-state index in [4.69, 9.17) is 28.4 Å². The van der Waals surface area contributed by atoms with Gasteiger partial charge in [0.1, 0.15) is 11.5 Å². The third kappa shape index (κ3) is 5.39. The van der Waals surface area contributed by atoms with Crippen molar-refractivity contribution in [3.63, 3.8) is 0 Å². The number of methoxy groups -OCH3 is 4. The first-order valence-corrected chi connectivity index (χ1v) is 11.4. The fourth-order valence-electron chi connectivity index (χ4n) is 3.81. The summed E-state index contributed by atoms with van der Waals surface area (Å²) in [5.74, 6) is 0.651. The Bertz CT molecular complexity index is 1400. The number of fused-ring (bicyclic) bond motifs is 1. The molecule has 0 saturated heterocycles. The SMILES string of the molecule is COC(=O)c1ccccc1NC(=O)COc1ccc2c(c1)OC(=Cc1cc(OC)c(OC)c(OC)c1)C2=O. The molecule has 1 aliphatic heterocycles. The van der Waals surface area contributed by atoms with Crippen molar-refractivity contribution < 1.29 is 42.8 Å². The molecule has 196 valence electrons. The number of benzene rings is 3. The van der Waals surface area contributed by atoms with Gasteiger partial charge in [0.2, 0.25) is 11.5 Å². The minimum absolute atomic E-state index is 0.101. The summed E-state index contributed by atoms with van der Waals surface area (Å²) in [5.41, 5.74) is 1.49. The van der Waals surface area contributed by atoms with Gasteiger partial charge in [0, 0.05) is 6.07 Å². The lowest BCUT2D eigenvalue weighted by Crippen LogP contribution is -2.21. The van der Waals surface area contributed by atoms with E-state index in [-0.39, 0.29) is 23.7 Å². The second-order valence-corrected chi connectivity index (χ2v) is 7.93. The number of amides is 1. The summed E-state index contributed by atoms with van der Waals surface area (Å²) in [6.07, 6.45) is 1.57. The highest BCUT2D eigenvalue weighted by atomic mass is 16.5. The zero-order valence-corrected chi connectivity index (χ0v) is 21.2. The number of ketones is 1. The molecule has 1 heterocycles. The normalized spacial score (nSPS) is 12.8. The van der Waals surface area contributed by atoms with Crippen molar-refractivity contribution in [3.8, 4) is 28.7 Å². The van der Waals surface area contributed by atoms with Crippen LogP contribution in [0.25, 0.3) is 6.08 Å². The first-order chi connectivity index (χ1) is 18.4. The Kier molecular flexibility index (Phi) is 7.81. The zero-order chi connectivity index (χ0) is 27.2. The summed E-state index contributed by atoms with van der Waals surface area (Å²) < 4.78 is 32.2. The van der Waals surface area contributed by atoms with Gasteiger partial charge in [-0.05, 0) is 48.0 Å². The largest absolute Gasteiger partial charge is 0.493 e. The van der Waals surface area contributed by atoms with Crippen LogP contribution in [-0.2, 0) is 9.53 Å². The number of anilines is 1. The molecular formula is C28H25NO9. The summed E-state index contributed by atoms with van der Waals surface area (Å²) >= 11 is 0. The Morgan fingerprint density at radius 1 is 0.921 bits per heavy atom. The minimum atomic E-state index is -0.572. The molecule has 10 heteroatoms. The van der Waals surface area contributed by atoms with Gasteiger partial charge < -0.3 is 33.7 Å². The number of esters is 1. The Labute approximate surface area is 218 Å². The number of hydrogen-bond donors (Lipinski definition) is 1. The zero-order valence-electron chi connectivity index (χ0n) is 21.2. The van der Waals surface area contributed by atoms with E-state index in [1.807, 2.05) is 0 Å². The summed E-state index contributed by atoms with van der Waals surface area (Å²) in [6.45, 7) is -0.337. The average Bonchev–Trinajstić information content (AvgIpc) is 3.24. The molecule has 38 heavy (non-hydrogen) atoms. The van der Waals surface area contributed by atoms with E-state index in [1.54, 1.807) is 54.6 Å². The van der Waals surface area contributed by atoms with Crippen LogP contribution >= 0.6 is 0 Å². The molecule has 1 N–H and O–H groups in total. The van der Waals surface area contributed by atoms with Gasteiger partial charge in [-0.2, -0.15) is 0 Å². The molecule has 0 spiro atoms. The molecule has 0 aliphatic carbocycles. The van der Waals surface area contributed by atoms with Crippen LogP contribution in [0, 0.1) is 0 Å². The van der Waals surface area contributed by atoms with E-state index >= 15 is 0 Å². The fraction of sp³-hybridized carbons (Fsp3) is 0.179. The van der Waals surface area contributed by atoms with Gasteiger partial charge in [-0.15, -0.1) is 0 Å². The molecule has 0 bridgehead atoms. The molecule has 3 aromatic rings. The highest BCUT2D eigenvalue weighted by Gasteiger charge is 2.28. The highest BCUT2D eigenvalue weighted by molar-refractivity contribution is 6.14. The van der Waals surface area contributed by atoms with Crippen molar-refractivity contribution in [1.82, 2.24) is 0 Å². The Morgan fingerprint density at radius 3 is 2.29 bits per heavy atom. The quantitative estimate of drug-likeness (QED) is 0.329. The lowest BCUT2D eigenvalue weighted by atomic mass is 10.1. The number of allylic oxidation sites excluding steroid dienone is 1. The van der Waals surface area contributed by atoms with Crippen molar-refractivity contribution in [2.75, 3.05) is 40.4 Å². The van der Waals surface area contributed by atoms with Gasteiger partial charge in [0.15, 0.2) is 23.9 Å². The maximum absolute atomic E-state index is 12.9. The van der Waals surface area contributed by atoms with Crippen LogP contribution in [0.5, 0.6) is 28.7 Å². The summed E-state index contributed by atoms with van der Waals surface area (Å²) in [4.78, 5) is 37.2. The van der Waals surface area contributed by atoms with E-state index in [0.717, 1.165) is 0 Å². The second kappa shape index (κ2) is 11.4. The van der Waals surface area contributed by atoms with Crippen LogP contribution in [0.2, 0.25) is 0 Å². The number of rotatable bonds is 9. The Hall–Kier alpha value is -4.99. The van der Waals surface area contributed by atoms with Crippen LogP contribution in [0.15, 0.2) is 60.4 Å². The van der Waals surface area contributed by atoms with Crippen LogP contribution < -0.4 is 29.0 Å². The minimum Gasteiger partial charge on any atom is -0.493 e. The van der Waals surface area contributed by atoms with Gasteiger partial charge in [-0.3, -0.25) is 9.59 Å². The standard InChI is InChI=1S/C28H25NO9/c1-33-23-12-16(13-24(34-2)27(23)35-3)11-22-26(31)19-10-9-17(14-21(19)38-22)37-15-25(30)29-20-8-6-5-7-18(20)28(32)36-4/h5-14H,15H2,1-4H3,(H,29,30). The molecule has 0 unspecified atom stereocenters. The molecule has 0 aromatic heterocycles. The summed E-state index contributed by atoms with van der Waals surface area (Å²) in [6, 6.07) is 14.5. The third-order valence-electron chi connectivity index (χ3n) is 5.60. The van der Waals surface area contributed by atoms with Gasteiger partial charge in [0.05, 0.1) is 45.3 Å². The third-order valence-corrected chi connectivity index (χ3v) is 5.60. The number of Topliss-reactive ketones (excluding diaryl/α,β-unsaturated/α-hetero) is 1. The molecule has 3 aromatic carbocycles. The highest BCUT2D eigenvalue weighted by Crippen LogP contribution is 2.40. The van der Waals surface area contributed by atoms with E-state index in [1.165, 1.54) is 34.5 Å². The molecule has 0 radical (unpaired) electrons. The van der Waals surface area contributed by atoms with Crippen LogP contribution in [-0.4, -0.2) is 52.7 Å². The first-order valence-electron chi connectivity index (χ1n) is 11.4. The van der Waals surface area contributed by atoms with Crippen LogP contribution in [0.1, 0.15) is 26.3 Å². The summed E-state index contributed by atoms with van der Waals surface area (Å²) in [7, 11) is 5.77. The van der Waals surface area contributed by atoms with Crippen molar-refractivity contribution in [1.29, 1.82) is 0 Å². The number of ether oxygens (including phenoxy) is 6. The van der Waals surface area contributed by atoms with Crippen LogP contribution in [0.3, 0.4) is 0 Å². The smallest absolute Gasteiger partial charge is 0.339 e. The monoisotopic (exact) mass is 519 g/mol. The molecule has 4 rings (SSSR count). The van der Waals surface area contributed by atoms with E-state index < -0.39 is 11.9 Å². The number of para-hydroxylation sites is 1. The van der Waals surface area contributed by atoms with E-state index in [9.17, 15) is 14.4 Å². The van der Waals surface area contributed by atoms with Crippen molar-refractivity contribution in [2.24, 2.45) is 0 Å². The number of carbonyl (C=O) groups excluding carboxylic acids is 3. The lowest BCUT2D eigenvalue weighted by Gasteiger charge is -2.13. The van der Waals surface area contributed by atoms with Crippen molar-refractivity contribution in [3.05, 3.63) is 77.0 Å². The summed E-state index contributed by atoms with van der Waals surface area (Å²) in [5, 5.41) is 2.63. The maximum atomic E-state index is 12.9. The molecule has 1 amide bonds. The van der Waals surface area contributed by atoms with Gasteiger partial charge in [-0.25, -0.2) is 4.79 Å². The van der Waals surface area contributed by atoms with E-state index in [2.05, 4.69) is 5.32 Å². The lowest BCUT2D eigenvalue weighted by molar-refractivity contribution is -0.118. The van der Waals surface area contributed by atoms with Gasteiger partial charge in [-0.1, -0.05) is 12.1 Å². The predicted molar refractivity (Wildman–Crippen MR) is 137 cm³/mol.